The van der Waals surface area contributed by atoms with Gasteiger partial charge in [-0.15, -0.1) is 0 Å². The van der Waals surface area contributed by atoms with E-state index in [-0.39, 0.29) is 11.1 Å². The average Bonchev–Trinajstić information content (AvgIpc) is 2.99. The van der Waals surface area contributed by atoms with Crippen molar-refractivity contribution in [2.24, 2.45) is 0 Å². The number of nitrogens with zero attached hydrogens (tertiary/aromatic N) is 3. The number of anilines is 2. The van der Waals surface area contributed by atoms with Crippen LogP contribution in [0.2, 0.25) is 5.15 Å². The maximum atomic E-state index is 12.5. The monoisotopic (exact) mass is 368 g/mol. The standard InChI is InChI=1S/C15H17ClN4O3S/c1-9-3-4-10(22-2)17-13(9)19-14(21)11-12(16)18-15(24-11)20-5-7-23-8-6-20/h3-4H,5-8H2,1-2H3,(H,17,19,21). The van der Waals surface area contributed by atoms with Gasteiger partial charge in [0.25, 0.3) is 5.91 Å². The van der Waals surface area contributed by atoms with Gasteiger partial charge in [0.2, 0.25) is 5.88 Å². The molecule has 1 fully saturated rings. The molecule has 3 rings (SSSR count). The predicted octanol–water partition coefficient (Wildman–Crippen LogP) is 2.60. The van der Waals surface area contributed by atoms with E-state index in [4.69, 9.17) is 21.1 Å². The summed E-state index contributed by atoms with van der Waals surface area (Å²) in [6, 6.07) is 3.57. The smallest absolute Gasteiger partial charge is 0.270 e. The number of aryl methyl sites for hydroxylation is 1. The molecule has 128 valence electrons. The van der Waals surface area contributed by atoms with E-state index in [0.29, 0.717) is 29.8 Å². The molecule has 1 saturated heterocycles. The lowest BCUT2D eigenvalue weighted by atomic mass is 10.3. The lowest BCUT2D eigenvalue weighted by molar-refractivity contribution is 0.103. The Bertz CT molecular complexity index is 746. The first-order valence-electron chi connectivity index (χ1n) is 7.40. The molecule has 0 spiro atoms. The van der Waals surface area contributed by atoms with E-state index in [1.54, 1.807) is 6.07 Å². The van der Waals surface area contributed by atoms with Crippen molar-refractivity contribution >= 4 is 39.8 Å². The molecule has 0 aromatic carbocycles. The predicted molar refractivity (Wildman–Crippen MR) is 93.6 cm³/mol. The van der Waals surface area contributed by atoms with Gasteiger partial charge < -0.3 is 19.7 Å². The maximum Gasteiger partial charge on any atom is 0.270 e. The zero-order chi connectivity index (χ0) is 17.1. The Hall–Kier alpha value is -1.90. The van der Waals surface area contributed by atoms with Crippen molar-refractivity contribution < 1.29 is 14.3 Å². The minimum absolute atomic E-state index is 0.194. The van der Waals surface area contributed by atoms with Gasteiger partial charge in [0.15, 0.2) is 10.3 Å². The van der Waals surface area contributed by atoms with Crippen molar-refractivity contribution in [2.75, 3.05) is 43.6 Å². The molecule has 0 radical (unpaired) electrons. The first kappa shape index (κ1) is 16.9. The Morgan fingerprint density at radius 3 is 2.83 bits per heavy atom. The number of pyridine rings is 1. The second-order valence-corrected chi connectivity index (χ2v) is 6.52. The van der Waals surface area contributed by atoms with Crippen molar-refractivity contribution in [3.63, 3.8) is 0 Å². The summed E-state index contributed by atoms with van der Waals surface area (Å²) in [7, 11) is 1.53. The highest BCUT2D eigenvalue weighted by atomic mass is 35.5. The number of morpholine rings is 1. The molecule has 0 bridgehead atoms. The number of ether oxygens (including phenoxy) is 2. The number of thiazole rings is 1. The summed E-state index contributed by atoms with van der Waals surface area (Å²) in [5, 5.41) is 3.69. The molecule has 3 heterocycles. The number of hydrogen-bond donors (Lipinski definition) is 1. The van der Waals surface area contributed by atoms with E-state index >= 15 is 0 Å². The second kappa shape index (κ2) is 7.33. The van der Waals surface area contributed by atoms with Crippen LogP contribution in [0, 0.1) is 6.92 Å². The maximum absolute atomic E-state index is 12.5. The zero-order valence-corrected chi connectivity index (χ0v) is 14.9. The van der Waals surface area contributed by atoms with Crippen LogP contribution in [-0.2, 0) is 4.74 Å². The van der Waals surface area contributed by atoms with Gasteiger partial charge in [-0.3, -0.25) is 4.79 Å². The highest BCUT2D eigenvalue weighted by molar-refractivity contribution is 7.18. The summed E-state index contributed by atoms with van der Waals surface area (Å²) in [5.74, 6) is 0.540. The van der Waals surface area contributed by atoms with Crippen LogP contribution in [0.3, 0.4) is 0 Å². The Kier molecular flexibility index (Phi) is 5.17. The normalized spacial score (nSPS) is 14.5. The van der Waals surface area contributed by atoms with Crippen LogP contribution in [0.25, 0.3) is 0 Å². The minimum Gasteiger partial charge on any atom is -0.481 e. The molecule has 1 aliphatic heterocycles. The number of aromatic nitrogens is 2. The zero-order valence-electron chi connectivity index (χ0n) is 13.3. The molecular formula is C15H17ClN4O3S. The van der Waals surface area contributed by atoms with E-state index < -0.39 is 0 Å². The van der Waals surface area contributed by atoms with E-state index in [9.17, 15) is 4.79 Å². The lowest BCUT2D eigenvalue weighted by Crippen LogP contribution is -2.36. The second-order valence-electron chi connectivity index (χ2n) is 5.19. The number of carbonyl (C=O) groups is 1. The number of carbonyl (C=O) groups excluding carboxylic acids is 1. The number of rotatable bonds is 4. The molecular weight excluding hydrogens is 352 g/mol. The van der Waals surface area contributed by atoms with Crippen LogP contribution in [0.4, 0.5) is 10.9 Å². The van der Waals surface area contributed by atoms with Crippen molar-refractivity contribution in [1.29, 1.82) is 0 Å². The average molecular weight is 369 g/mol. The van der Waals surface area contributed by atoms with E-state index in [0.717, 1.165) is 23.8 Å². The fourth-order valence-corrected chi connectivity index (χ4v) is 3.47. The van der Waals surface area contributed by atoms with E-state index in [1.807, 2.05) is 13.0 Å². The van der Waals surface area contributed by atoms with Gasteiger partial charge in [-0.25, -0.2) is 4.98 Å². The van der Waals surface area contributed by atoms with Crippen molar-refractivity contribution in [2.45, 2.75) is 6.92 Å². The molecule has 1 amide bonds. The summed E-state index contributed by atoms with van der Waals surface area (Å²) in [6.07, 6.45) is 0. The SMILES string of the molecule is COc1ccc(C)c(NC(=O)c2sc(N3CCOCC3)nc2Cl)n1. The molecule has 24 heavy (non-hydrogen) atoms. The summed E-state index contributed by atoms with van der Waals surface area (Å²) < 4.78 is 10.4. The van der Waals surface area contributed by atoms with E-state index in [1.165, 1.54) is 18.4 Å². The summed E-state index contributed by atoms with van der Waals surface area (Å²) >= 11 is 7.42. The molecule has 2 aromatic heterocycles. The largest absolute Gasteiger partial charge is 0.481 e. The van der Waals surface area contributed by atoms with Crippen LogP contribution in [0.5, 0.6) is 5.88 Å². The fourth-order valence-electron chi connectivity index (χ4n) is 2.24. The molecule has 9 heteroatoms. The van der Waals surface area contributed by atoms with E-state index in [2.05, 4.69) is 20.2 Å². The Labute approximate surface area is 148 Å². The molecule has 7 nitrogen and oxygen atoms in total. The molecule has 0 aliphatic carbocycles. The number of nitrogens with one attached hydrogen (secondary N) is 1. The van der Waals surface area contributed by atoms with Crippen molar-refractivity contribution in [3.8, 4) is 5.88 Å². The number of hydrogen-bond acceptors (Lipinski definition) is 7. The van der Waals surface area contributed by atoms with Crippen LogP contribution < -0.4 is 15.0 Å². The van der Waals surface area contributed by atoms with Gasteiger partial charge in [-0.2, -0.15) is 4.98 Å². The molecule has 0 atom stereocenters. The van der Waals surface area contributed by atoms with Crippen molar-refractivity contribution in [3.05, 3.63) is 27.7 Å². The highest BCUT2D eigenvalue weighted by Crippen LogP contribution is 2.31. The Balaban J connectivity index is 1.79. The third-order valence-electron chi connectivity index (χ3n) is 3.57. The fraction of sp³-hybridized carbons (Fsp3) is 0.400. The molecule has 1 aliphatic rings. The Morgan fingerprint density at radius 2 is 2.12 bits per heavy atom. The van der Waals surface area contributed by atoms with Crippen LogP contribution in [0.1, 0.15) is 15.2 Å². The van der Waals surface area contributed by atoms with Gasteiger partial charge in [-0.1, -0.05) is 29.0 Å². The van der Waals surface area contributed by atoms with Gasteiger partial charge >= 0.3 is 0 Å². The topological polar surface area (TPSA) is 76.6 Å². The third-order valence-corrected chi connectivity index (χ3v) is 5.08. The summed E-state index contributed by atoms with van der Waals surface area (Å²) in [4.78, 5) is 23.5. The van der Waals surface area contributed by atoms with Crippen LogP contribution >= 0.6 is 22.9 Å². The Morgan fingerprint density at radius 1 is 1.38 bits per heavy atom. The van der Waals surface area contributed by atoms with Gasteiger partial charge in [0, 0.05) is 19.2 Å². The third kappa shape index (κ3) is 3.61. The van der Waals surface area contributed by atoms with Gasteiger partial charge in [0.05, 0.1) is 20.3 Å². The lowest BCUT2D eigenvalue weighted by Gasteiger charge is -2.25. The number of halogens is 1. The molecule has 1 N–H and O–H groups in total. The van der Waals surface area contributed by atoms with Crippen LogP contribution in [0.15, 0.2) is 12.1 Å². The highest BCUT2D eigenvalue weighted by Gasteiger charge is 2.22. The molecule has 2 aromatic rings. The number of amides is 1. The summed E-state index contributed by atoms with van der Waals surface area (Å²) in [6.45, 7) is 4.62. The minimum atomic E-state index is -0.333. The quantitative estimate of drug-likeness (QED) is 0.893. The number of methoxy groups -OCH3 is 1. The van der Waals surface area contributed by atoms with Crippen LogP contribution in [-0.4, -0.2) is 49.3 Å². The molecule has 0 saturated carbocycles. The van der Waals surface area contributed by atoms with Gasteiger partial charge in [-0.05, 0) is 12.5 Å². The van der Waals surface area contributed by atoms with Crippen molar-refractivity contribution in [1.82, 2.24) is 9.97 Å². The first-order valence-corrected chi connectivity index (χ1v) is 8.60. The summed E-state index contributed by atoms with van der Waals surface area (Å²) in [5.41, 5.74) is 0.832. The molecule has 0 unspecified atom stereocenters. The van der Waals surface area contributed by atoms with Gasteiger partial charge in [0.1, 0.15) is 10.7 Å². The first-order chi connectivity index (χ1) is 11.6.